The number of unbranched alkanes of at least 4 members (excludes halogenated alkanes) is 1. The van der Waals surface area contributed by atoms with Crippen LogP contribution in [0, 0.1) is 5.92 Å². The third-order valence-electron chi connectivity index (χ3n) is 3.23. The molecule has 0 radical (unpaired) electrons. The Hall–Kier alpha value is 0.0700. The average Bonchev–Trinajstić information content (AvgIpc) is 2.78. The minimum atomic E-state index is 0. The van der Waals surface area contributed by atoms with Gasteiger partial charge in [0.05, 0.1) is 0 Å². The van der Waals surface area contributed by atoms with Gasteiger partial charge in [-0.2, -0.15) is 11.8 Å². The normalized spacial score (nSPS) is 18.8. The lowest BCUT2D eigenvalue weighted by atomic mass is 10.1. The van der Waals surface area contributed by atoms with Gasteiger partial charge >= 0.3 is 0 Å². The van der Waals surface area contributed by atoms with E-state index in [0.717, 1.165) is 38.2 Å². The number of carbonyl (C=O) groups excluding carboxylic acids is 1. The highest BCUT2D eigenvalue weighted by atomic mass is 35.5. The molecule has 0 spiro atoms. The summed E-state index contributed by atoms with van der Waals surface area (Å²) in [6, 6.07) is 0. The fourth-order valence-electron chi connectivity index (χ4n) is 2.18. The molecule has 0 bridgehead atoms. The maximum absolute atomic E-state index is 11.9. The topological polar surface area (TPSA) is 32.3 Å². The number of carbonyl (C=O) groups is 1. The van der Waals surface area contributed by atoms with E-state index in [9.17, 15) is 4.79 Å². The summed E-state index contributed by atoms with van der Waals surface area (Å²) < 4.78 is 0. The summed E-state index contributed by atoms with van der Waals surface area (Å²) in [6.07, 6.45) is 4.40. The van der Waals surface area contributed by atoms with Crippen molar-refractivity contribution < 1.29 is 4.79 Å². The smallest absolute Gasteiger partial charge is 0.223 e. The Balaban J connectivity index is 0.00000289. The molecule has 3 nitrogen and oxygen atoms in total. The molecule has 0 aromatic rings. The number of thioether (sulfide) groups is 1. The Morgan fingerprint density at radius 2 is 2.22 bits per heavy atom. The second kappa shape index (κ2) is 10.9. The van der Waals surface area contributed by atoms with Crippen molar-refractivity contribution in [2.75, 3.05) is 38.2 Å². The number of nitrogens with one attached hydrogen (secondary N) is 1. The van der Waals surface area contributed by atoms with Gasteiger partial charge < -0.3 is 10.2 Å². The van der Waals surface area contributed by atoms with Gasteiger partial charge in [-0.1, -0.05) is 13.3 Å². The molecular weight excluding hydrogens is 268 g/mol. The van der Waals surface area contributed by atoms with Crippen molar-refractivity contribution in [2.45, 2.75) is 32.6 Å². The summed E-state index contributed by atoms with van der Waals surface area (Å²) in [5.41, 5.74) is 0. The quantitative estimate of drug-likeness (QED) is 0.698. The van der Waals surface area contributed by atoms with Crippen LogP contribution in [-0.4, -0.2) is 49.0 Å². The second-order valence-corrected chi connectivity index (χ2v) is 5.99. The summed E-state index contributed by atoms with van der Waals surface area (Å²) in [5, 5.41) is 3.19. The van der Waals surface area contributed by atoms with Crippen molar-refractivity contribution in [3.05, 3.63) is 0 Å². The molecule has 1 rings (SSSR count). The molecular formula is C13H27ClN2OS. The van der Waals surface area contributed by atoms with Gasteiger partial charge in [-0.15, -0.1) is 12.4 Å². The summed E-state index contributed by atoms with van der Waals surface area (Å²) in [4.78, 5) is 14.0. The molecule has 1 heterocycles. The van der Waals surface area contributed by atoms with Crippen LogP contribution >= 0.6 is 24.2 Å². The molecule has 1 aliphatic heterocycles. The Labute approximate surface area is 122 Å². The Bertz CT molecular complexity index is 229. The highest BCUT2D eigenvalue weighted by molar-refractivity contribution is 7.99. The predicted octanol–water partition coefficient (Wildman–Crippen LogP) is 2.40. The first-order valence-electron chi connectivity index (χ1n) is 6.78. The zero-order chi connectivity index (χ0) is 12.5. The second-order valence-electron chi connectivity index (χ2n) is 4.77. The van der Waals surface area contributed by atoms with Crippen molar-refractivity contribution in [1.29, 1.82) is 0 Å². The van der Waals surface area contributed by atoms with Crippen molar-refractivity contribution in [3.63, 3.8) is 0 Å². The molecule has 1 fully saturated rings. The Morgan fingerprint density at radius 1 is 1.44 bits per heavy atom. The van der Waals surface area contributed by atoms with Crippen LogP contribution in [0.4, 0.5) is 0 Å². The van der Waals surface area contributed by atoms with E-state index in [2.05, 4.69) is 12.2 Å². The van der Waals surface area contributed by atoms with Crippen LogP contribution in [0.5, 0.6) is 0 Å². The summed E-state index contributed by atoms with van der Waals surface area (Å²) >= 11 is 1.92. The molecule has 0 aromatic carbocycles. The van der Waals surface area contributed by atoms with Crippen molar-refractivity contribution in [2.24, 2.45) is 5.92 Å². The molecule has 1 N–H and O–H groups in total. The lowest BCUT2D eigenvalue weighted by Crippen LogP contribution is -2.30. The zero-order valence-corrected chi connectivity index (χ0v) is 13.2. The number of amides is 1. The number of rotatable bonds is 8. The number of hydrogen-bond acceptors (Lipinski definition) is 3. The fraction of sp³-hybridized carbons (Fsp3) is 0.923. The molecule has 1 atom stereocenters. The van der Waals surface area contributed by atoms with Crippen molar-refractivity contribution in [3.8, 4) is 0 Å². The molecule has 1 amide bonds. The van der Waals surface area contributed by atoms with E-state index in [4.69, 9.17) is 0 Å². The molecule has 1 aliphatic rings. The van der Waals surface area contributed by atoms with Crippen molar-refractivity contribution in [1.82, 2.24) is 10.2 Å². The summed E-state index contributed by atoms with van der Waals surface area (Å²) in [5.74, 6) is 3.21. The Kier molecular flexibility index (Phi) is 11.0. The van der Waals surface area contributed by atoms with Crippen LogP contribution in [0.3, 0.4) is 0 Å². The van der Waals surface area contributed by atoms with Gasteiger partial charge in [-0.3, -0.25) is 4.79 Å². The predicted molar refractivity (Wildman–Crippen MR) is 82.7 cm³/mol. The maximum atomic E-state index is 11.9. The van der Waals surface area contributed by atoms with E-state index in [-0.39, 0.29) is 12.4 Å². The first-order valence-corrected chi connectivity index (χ1v) is 7.93. The molecule has 0 aliphatic carbocycles. The molecule has 18 heavy (non-hydrogen) atoms. The number of hydrogen-bond donors (Lipinski definition) is 1. The van der Waals surface area contributed by atoms with Gasteiger partial charge in [0.1, 0.15) is 0 Å². The molecule has 1 unspecified atom stereocenters. The van der Waals surface area contributed by atoms with Gasteiger partial charge in [0.25, 0.3) is 0 Å². The van der Waals surface area contributed by atoms with E-state index in [1.807, 2.05) is 23.7 Å². The lowest BCUT2D eigenvalue weighted by Gasteiger charge is -2.16. The molecule has 0 saturated carbocycles. The van der Waals surface area contributed by atoms with Crippen LogP contribution < -0.4 is 5.32 Å². The van der Waals surface area contributed by atoms with Crippen LogP contribution in [-0.2, 0) is 4.79 Å². The van der Waals surface area contributed by atoms with Crippen LogP contribution in [0.1, 0.15) is 32.6 Å². The van der Waals surface area contributed by atoms with Gasteiger partial charge in [-0.25, -0.2) is 0 Å². The van der Waals surface area contributed by atoms with E-state index < -0.39 is 0 Å². The highest BCUT2D eigenvalue weighted by Crippen LogP contribution is 2.17. The molecule has 1 saturated heterocycles. The van der Waals surface area contributed by atoms with Crippen LogP contribution in [0.25, 0.3) is 0 Å². The van der Waals surface area contributed by atoms with Gasteiger partial charge in [0.2, 0.25) is 5.91 Å². The van der Waals surface area contributed by atoms with E-state index in [0.29, 0.717) is 11.8 Å². The minimum absolute atomic E-state index is 0. The third kappa shape index (κ3) is 6.86. The highest BCUT2D eigenvalue weighted by Gasteiger charge is 2.24. The van der Waals surface area contributed by atoms with Gasteiger partial charge in [-0.05, 0) is 38.1 Å². The van der Waals surface area contributed by atoms with E-state index in [1.165, 1.54) is 18.6 Å². The number of halogens is 1. The zero-order valence-electron chi connectivity index (χ0n) is 11.6. The minimum Gasteiger partial charge on any atom is -0.342 e. The van der Waals surface area contributed by atoms with E-state index in [1.54, 1.807) is 0 Å². The Morgan fingerprint density at radius 3 is 2.89 bits per heavy atom. The summed E-state index contributed by atoms with van der Waals surface area (Å²) in [7, 11) is 1.98. The first-order chi connectivity index (χ1) is 8.27. The van der Waals surface area contributed by atoms with Crippen LogP contribution in [0.15, 0.2) is 0 Å². The molecule has 5 heteroatoms. The lowest BCUT2D eigenvalue weighted by molar-refractivity contribution is -0.129. The monoisotopic (exact) mass is 294 g/mol. The van der Waals surface area contributed by atoms with Crippen LogP contribution in [0.2, 0.25) is 0 Å². The number of likely N-dealkylation sites (tertiary alicyclic amines) is 1. The first kappa shape index (κ1) is 18.1. The summed E-state index contributed by atoms with van der Waals surface area (Å²) in [6.45, 7) is 5.16. The van der Waals surface area contributed by atoms with Crippen molar-refractivity contribution >= 4 is 30.1 Å². The van der Waals surface area contributed by atoms with E-state index >= 15 is 0 Å². The maximum Gasteiger partial charge on any atom is 0.223 e. The standard InChI is InChI=1S/C13H26N2OS.ClH/c1-3-4-8-17-9-6-13(16)15-7-5-12(11-15)10-14-2;/h12,14H,3-11H2,1-2H3;1H. The SMILES string of the molecule is CCCCSCCC(=O)N1CCC(CNC)C1.Cl. The van der Waals surface area contributed by atoms with Gasteiger partial charge in [0.15, 0.2) is 0 Å². The van der Waals surface area contributed by atoms with Gasteiger partial charge in [0, 0.05) is 25.3 Å². The number of nitrogens with zero attached hydrogens (tertiary/aromatic N) is 1. The average molecular weight is 295 g/mol. The molecule has 108 valence electrons. The molecule has 0 aromatic heterocycles. The fourth-order valence-corrected chi connectivity index (χ4v) is 3.20. The third-order valence-corrected chi connectivity index (χ3v) is 4.30. The largest absolute Gasteiger partial charge is 0.342 e.